The summed E-state index contributed by atoms with van der Waals surface area (Å²) in [5.41, 5.74) is 2.32. The molecule has 6 nitrogen and oxygen atoms in total. The van der Waals surface area contributed by atoms with E-state index in [1.165, 1.54) is 6.07 Å². The number of pyridine rings is 1. The summed E-state index contributed by atoms with van der Waals surface area (Å²) in [4.78, 5) is 16.8. The van der Waals surface area contributed by atoms with Crippen LogP contribution in [-0.4, -0.2) is 20.8 Å². The molecule has 0 saturated carbocycles. The summed E-state index contributed by atoms with van der Waals surface area (Å²) in [6.45, 7) is 2.09. The molecule has 0 aliphatic heterocycles. The van der Waals surface area contributed by atoms with Crippen molar-refractivity contribution in [3.63, 3.8) is 0 Å². The summed E-state index contributed by atoms with van der Waals surface area (Å²) >= 11 is 0. The first-order valence-corrected chi connectivity index (χ1v) is 10.0. The fourth-order valence-corrected chi connectivity index (χ4v) is 3.25. The number of unbranched alkanes of at least 4 members (excludes halogenated alkanes) is 1. The summed E-state index contributed by atoms with van der Waals surface area (Å²) in [6.07, 6.45) is 4.47. The van der Waals surface area contributed by atoms with Crippen LogP contribution in [0.15, 0.2) is 60.8 Å². The number of nitrogens with one attached hydrogen (secondary N) is 2. The van der Waals surface area contributed by atoms with Crippen LogP contribution in [0.3, 0.4) is 0 Å². The van der Waals surface area contributed by atoms with Gasteiger partial charge >= 0.3 is 6.03 Å². The molecule has 0 saturated heterocycles. The van der Waals surface area contributed by atoms with Crippen molar-refractivity contribution in [3.05, 3.63) is 78.1 Å². The van der Waals surface area contributed by atoms with Gasteiger partial charge in [0.25, 0.3) is 0 Å². The summed E-state index contributed by atoms with van der Waals surface area (Å²) in [5.74, 6) is -1.13. The lowest BCUT2D eigenvalue weighted by atomic mass is 10.2. The van der Waals surface area contributed by atoms with Crippen LogP contribution in [0, 0.1) is 11.6 Å². The first-order chi connectivity index (χ1) is 15.0. The quantitative estimate of drug-likeness (QED) is 0.420. The van der Waals surface area contributed by atoms with Crippen molar-refractivity contribution in [1.29, 1.82) is 0 Å². The molecule has 0 bridgehead atoms. The van der Waals surface area contributed by atoms with E-state index >= 15 is 0 Å². The number of aromatic nitrogens is 3. The van der Waals surface area contributed by atoms with E-state index in [0.717, 1.165) is 47.6 Å². The molecular weight excluding hydrogens is 400 g/mol. The van der Waals surface area contributed by atoms with E-state index in [4.69, 9.17) is 0 Å². The topological polar surface area (TPSA) is 71.8 Å². The molecule has 0 unspecified atom stereocenters. The Morgan fingerprint density at radius 1 is 1.06 bits per heavy atom. The fourth-order valence-electron chi connectivity index (χ4n) is 3.25. The minimum Gasteiger partial charge on any atom is -0.305 e. The molecule has 31 heavy (non-hydrogen) atoms. The third-order valence-electron chi connectivity index (χ3n) is 4.80. The maximum Gasteiger partial charge on any atom is 0.324 e. The summed E-state index contributed by atoms with van der Waals surface area (Å²) < 4.78 is 28.6. The van der Waals surface area contributed by atoms with Crippen LogP contribution in [-0.2, 0) is 6.42 Å². The van der Waals surface area contributed by atoms with Gasteiger partial charge in [0.15, 0.2) is 0 Å². The lowest BCUT2D eigenvalue weighted by molar-refractivity contribution is 0.262. The van der Waals surface area contributed by atoms with Gasteiger partial charge in [-0.25, -0.2) is 18.3 Å². The molecular formula is C23H21F2N5O. The minimum absolute atomic E-state index is 0.118. The number of fused-ring (bicyclic) bond motifs is 1. The van der Waals surface area contributed by atoms with E-state index < -0.39 is 17.7 Å². The first kappa shape index (κ1) is 20.5. The largest absolute Gasteiger partial charge is 0.324 e. The second-order valence-electron chi connectivity index (χ2n) is 7.12. The Bertz CT molecular complexity index is 1240. The number of hydrogen-bond donors (Lipinski definition) is 2. The highest BCUT2D eigenvalue weighted by Gasteiger charge is 2.14. The molecule has 0 radical (unpaired) electrons. The number of hydrogen-bond acceptors (Lipinski definition) is 3. The molecule has 2 heterocycles. The van der Waals surface area contributed by atoms with E-state index in [1.807, 2.05) is 30.3 Å². The normalized spacial score (nSPS) is 10.9. The van der Waals surface area contributed by atoms with Crippen LogP contribution >= 0.6 is 0 Å². The molecule has 2 amide bonds. The highest BCUT2D eigenvalue weighted by Crippen LogP contribution is 2.23. The van der Waals surface area contributed by atoms with E-state index in [2.05, 4.69) is 27.6 Å². The number of aryl methyl sites for hydroxylation is 1. The standard InChI is InChI=1S/C23H21F2N5O/c1-2-3-6-17-14-22(28-23(31)27-21-9-7-16(24)13-19(21)25)30(29-17)18-8-10-20-15(12-18)5-4-11-26-20/h4-5,7-14H,2-3,6H2,1H3,(H2,27,28,31). The van der Waals surface area contributed by atoms with Crippen LogP contribution in [0.5, 0.6) is 0 Å². The predicted octanol–water partition coefficient (Wildman–Crippen LogP) is 5.69. The second kappa shape index (κ2) is 8.91. The van der Waals surface area contributed by atoms with Gasteiger partial charge in [0, 0.05) is 23.7 Å². The van der Waals surface area contributed by atoms with Gasteiger partial charge in [-0.1, -0.05) is 19.4 Å². The van der Waals surface area contributed by atoms with Crippen molar-refractivity contribution in [1.82, 2.24) is 14.8 Å². The molecule has 158 valence electrons. The third kappa shape index (κ3) is 4.69. The minimum atomic E-state index is -0.852. The van der Waals surface area contributed by atoms with Crippen molar-refractivity contribution < 1.29 is 13.6 Å². The lowest BCUT2D eigenvalue weighted by Gasteiger charge is -2.11. The molecule has 4 rings (SSSR count). The van der Waals surface area contributed by atoms with Crippen molar-refractivity contribution >= 4 is 28.4 Å². The maximum absolute atomic E-state index is 13.9. The van der Waals surface area contributed by atoms with Gasteiger partial charge in [0.1, 0.15) is 17.5 Å². The maximum atomic E-state index is 13.9. The number of rotatable bonds is 6. The van der Waals surface area contributed by atoms with E-state index in [-0.39, 0.29) is 5.69 Å². The average Bonchev–Trinajstić information content (AvgIpc) is 3.16. The number of nitrogens with zero attached hydrogens (tertiary/aromatic N) is 3. The second-order valence-corrected chi connectivity index (χ2v) is 7.12. The molecule has 0 aliphatic rings. The van der Waals surface area contributed by atoms with Gasteiger partial charge in [0.05, 0.1) is 22.6 Å². The molecule has 0 spiro atoms. The van der Waals surface area contributed by atoms with Gasteiger partial charge in [-0.05, 0) is 49.2 Å². The SMILES string of the molecule is CCCCc1cc(NC(=O)Nc2ccc(F)cc2F)n(-c2ccc3ncccc3c2)n1. The molecule has 0 aliphatic carbocycles. The number of carbonyl (C=O) groups excluding carboxylic acids is 1. The van der Waals surface area contributed by atoms with E-state index in [9.17, 15) is 13.6 Å². The van der Waals surface area contributed by atoms with Crippen molar-refractivity contribution in [2.45, 2.75) is 26.2 Å². The number of anilines is 2. The Morgan fingerprint density at radius 2 is 1.94 bits per heavy atom. The van der Waals surface area contributed by atoms with Crippen LogP contribution < -0.4 is 10.6 Å². The van der Waals surface area contributed by atoms with Crippen molar-refractivity contribution in [2.75, 3.05) is 10.6 Å². The molecule has 4 aromatic rings. The van der Waals surface area contributed by atoms with Gasteiger partial charge < -0.3 is 5.32 Å². The summed E-state index contributed by atoms with van der Waals surface area (Å²) in [7, 11) is 0. The van der Waals surface area contributed by atoms with Crippen molar-refractivity contribution in [2.24, 2.45) is 0 Å². The van der Waals surface area contributed by atoms with E-state index in [0.29, 0.717) is 11.9 Å². The van der Waals surface area contributed by atoms with Gasteiger partial charge in [-0.3, -0.25) is 10.3 Å². The Morgan fingerprint density at radius 3 is 2.74 bits per heavy atom. The summed E-state index contributed by atoms with van der Waals surface area (Å²) in [6, 6.07) is 13.6. The highest BCUT2D eigenvalue weighted by atomic mass is 19.1. The Labute approximate surface area is 177 Å². The number of amides is 2. The van der Waals surface area contributed by atoms with Crippen LogP contribution in [0.4, 0.5) is 25.1 Å². The zero-order valence-corrected chi connectivity index (χ0v) is 16.9. The van der Waals surface area contributed by atoms with Gasteiger partial charge in [-0.15, -0.1) is 0 Å². The summed E-state index contributed by atoms with van der Waals surface area (Å²) in [5, 5.41) is 10.7. The van der Waals surface area contributed by atoms with Crippen molar-refractivity contribution in [3.8, 4) is 5.69 Å². The van der Waals surface area contributed by atoms with Crippen LogP contribution in [0.1, 0.15) is 25.5 Å². The lowest BCUT2D eigenvalue weighted by Crippen LogP contribution is -2.22. The van der Waals surface area contributed by atoms with Gasteiger partial charge in [-0.2, -0.15) is 5.10 Å². The third-order valence-corrected chi connectivity index (χ3v) is 4.80. The number of urea groups is 1. The predicted molar refractivity (Wildman–Crippen MR) is 116 cm³/mol. The smallest absolute Gasteiger partial charge is 0.305 e. The van der Waals surface area contributed by atoms with Gasteiger partial charge in [0.2, 0.25) is 0 Å². The Balaban J connectivity index is 1.63. The monoisotopic (exact) mass is 421 g/mol. The number of benzene rings is 2. The van der Waals surface area contributed by atoms with E-state index in [1.54, 1.807) is 16.9 Å². The highest BCUT2D eigenvalue weighted by molar-refractivity contribution is 5.99. The zero-order valence-electron chi connectivity index (χ0n) is 16.9. The molecule has 0 atom stereocenters. The van der Waals surface area contributed by atoms with Crippen LogP contribution in [0.2, 0.25) is 0 Å². The first-order valence-electron chi connectivity index (χ1n) is 10.0. The zero-order chi connectivity index (χ0) is 21.8. The Hall–Kier alpha value is -3.81. The number of halogens is 2. The fraction of sp³-hybridized carbons (Fsp3) is 0.174. The molecule has 8 heteroatoms. The molecule has 2 N–H and O–H groups in total. The van der Waals surface area contributed by atoms with Crippen LogP contribution in [0.25, 0.3) is 16.6 Å². The number of carbonyl (C=O) groups is 1. The molecule has 2 aromatic carbocycles. The molecule has 0 fully saturated rings. The average molecular weight is 421 g/mol. The Kier molecular flexibility index (Phi) is 5.88. The molecule has 2 aromatic heterocycles.